The van der Waals surface area contributed by atoms with E-state index in [1.807, 2.05) is 60.7 Å². The van der Waals surface area contributed by atoms with E-state index in [0.717, 1.165) is 41.8 Å². The summed E-state index contributed by atoms with van der Waals surface area (Å²) in [4.78, 5) is 29.8. The first-order valence-corrected chi connectivity index (χ1v) is 18.1. The number of carbonyl (C=O) groups excluding carboxylic acids is 2. The topological polar surface area (TPSA) is 96.0 Å². The van der Waals surface area contributed by atoms with Crippen LogP contribution >= 0.6 is 23.2 Å². The molecule has 0 radical (unpaired) electrons. The fourth-order valence-electron chi connectivity index (χ4n) is 5.69. The maximum Gasteiger partial charge on any atom is 0.244 e. The lowest BCUT2D eigenvalue weighted by atomic mass is 10.0. The van der Waals surface area contributed by atoms with Crippen LogP contribution in [0, 0.1) is 0 Å². The Hall–Kier alpha value is -4.05. The summed E-state index contributed by atoms with van der Waals surface area (Å²) in [5.74, 6) is 0.231. The van der Waals surface area contributed by atoms with Gasteiger partial charge in [-0.2, -0.15) is 0 Å². The van der Waals surface area contributed by atoms with Gasteiger partial charge in [0.25, 0.3) is 0 Å². The predicted molar refractivity (Wildman–Crippen MR) is 186 cm³/mol. The summed E-state index contributed by atoms with van der Waals surface area (Å²) >= 11 is 13.1. The number of carbonyl (C=O) groups is 2. The first kappa shape index (κ1) is 34.3. The monoisotopic (exact) mass is 693 g/mol. The molecule has 5 rings (SSSR count). The molecule has 0 aromatic heterocycles. The second-order valence-electron chi connectivity index (χ2n) is 11.6. The van der Waals surface area contributed by atoms with Gasteiger partial charge in [0.1, 0.15) is 24.1 Å². The van der Waals surface area contributed by atoms with Gasteiger partial charge in [-0.3, -0.25) is 13.9 Å². The summed E-state index contributed by atoms with van der Waals surface area (Å²) in [7, 11) is -3.94. The molecular formula is C36H37Cl2N3O5S. The van der Waals surface area contributed by atoms with E-state index in [0.29, 0.717) is 27.1 Å². The van der Waals surface area contributed by atoms with Crippen LogP contribution in [-0.2, 0) is 32.6 Å². The van der Waals surface area contributed by atoms with Crippen LogP contribution in [0.2, 0.25) is 10.0 Å². The lowest BCUT2D eigenvalue weighted by Gasteiger charge is -2.34. The van der Waals surface area contributed by atoms with Crippen molar-refractivity contribution in [3.05, 3.63) is 124 Å². The van der Waals surface area contributed by atoms with Crippen molar-refractivity contribution in [2.75, 3.05) is 17.1 Å². The minimum Gasteiger partial charge on any atom is -0.457 e. The second kappa shape index (κ2) is 15.7. The van der Waals surface area contributed by atoms with Crippen LogP contribution in [0.5, 0.6) is 11.5 Å². The van der Waals surface area contributed by atoms with Crippen LogP contribution in [0.15, 0.2) is 103 Å². The molecular weight excluding hydrogens is 657 g/mol. The molecule has 1 saturated carbocycles. The average Bonchev–Trinajstić information content (AvgIpc) is 3.56. The number of hydrogen-bond donors (Lipinski definition) is 1. The number of para-hydroxylation sites is 1. The molecule has 246 valence electrons. The van der Waals surface area contributed by atoms with Crippen LogP contribution < -0.4 is 14.4 Å². The van der Waals surface area contributed by atoms with E-state index < -0.39 is 28.5 Å². The average molecular weight is 695 g/mol. The summed E-state index contributed by atoms with van der Waals surface area (Å²) in [5.41, 5.74) is 1.58. The minimum atomic E-state index is -3.94. The molecule has 1 aliphatic rings. The van der Waals surface area contributed by atoms with Gasteiger partial charge in [-0.15, -0.1) is 0 Å². The van der Waals surface area contributed by atoms with Gasteiger partial charge < -0.3 is 15.0 Å². The zero-order valence-electron chi connectivity index (χ0n) is 26.0. The Labute approximate surface area is 286 Å². The number of halogens is 2. The molecule has 4 aromatic rings. The molecule has 1 aliphatic carbocycles. The Balaban J connectivity index is 1.49. The smallest absolute Gasteiger partial charge is 0.244 e. The Morgan fingerprint density at radius 3 is 2.00 bits per heavy atom. The molecule has 1 fully saturated rings. The quantitative estimate of drug-likeness (QED) is 0.159. The van der Waals surface area contributed by atoms with Gasteiger partial charge in [-0.25, -0.2) is 8.42 Å². The lowest BCUT2D eigenvalue weighted by Crippen LogP contribution is -2.54. The van der Waals surface area contributed by atoms with Gasteiger partial charge in [0, 0.05) is 34.6 Å². The third kappa shape index (κ3) is 9.28. The molecule has 1 unspecified atom stereocenters. The van der Waals surface area contributed by atoms with Crippen LogP contribution in [-0.4, -0.2) is 50.0 Å². The predicted octanol–water partition coefficient (Wildman–Crippen LogP) is 7.25. The highest BCUT2D eigenvalue weighted by Gasteiger charge is 2.35. The Morgan fingerprint density at radius 2 is 1.40 bits per heavy atom. The summed E-state index contributed by atoms with van der Waals surface area (Å²) in [5, 5.41) is 3.81. The number of benzene rings is 4. The van der Waals surface area contributed by atoms with E-state index in [9.17, 15) is 18.0 Å². The van der Waals surface area contributed by atoms with Gasteiger partial charge in [0.05, 0.1) is 11.9 Å². The Kier molecular flexibility index (Phi) is 11.4. The number of amides is 2. The summed E-state index contributed by atoms with van der Waals surface area (Å²) in [6.07, 6.45) is 5.00. The van der Waals surface area contributed by atoms with Gasteiger partial charge in [0.2, 0.25) is 21.8 Å². The minimum absolute atomic E-state index is 0.00534. The van der Waals surface area contributed by atoms with Crippen LogP contribution in [0.25, 0.3) is 0 Å². The summed E-state index contributed by atoms with van der Waals surface area (Å²) in [6.45, 7) is -0.657. The maximum atomic E-state index is 14.4. The van der Waals surface area contributed by atoms with E-state index in [-0.39, 0.29) is 30.6 Å². The number of sulfonamides is 1. The zero-order chi connectivity index (χ0) is 33.4. The van der Waals surface area contributed by atoms with Crippen molar-refractivity contribution in [2.45, 2.75) is 50.7 Å². The SMILES string of the molecule is CS(=O)(=O)N(CC(=O)N(Cc1c(Cl)cccc1Cl)C(Cc1ccccc1)C(=O)NC1CCCC1)c1ccc(Oc2ccccc2)cc1. The van der Waals surface area contributed by atoms with E-state index in [4.69, 9.17) is 27.9 Å². The van der Waals surface area contributed by atoms with E-state index in [1.165, 1.54) is 4.90 Å². The normalized spacial score (nSPS) is 13.9. The van der Waals surface area contributed by atoms with Crippen LogP contribution in [0.4, 0.5) is 5.69 Å². The molecule has 0 heterocycles. The number of ether oxygens (including phenoxy) is 1. The van der Waals surface area contributed by atoms with Crippen molar-refractivity contribution in [2.24, 2.45) is 0 Å². The van der Waals surface area contributed by atoms with E-state index in [1.54, 1.807) is 42.5 Å². The number of nitrogens with zero attached hydrogens (tertiary/aromatic N) is 2. The summed E-state index contributed by atoms with van der Waals surface area (Å²) < 4.78 is 33.2. The van der Waals surface area contributed by atoms with Crippen molar-refractivity contribution in [1.82, 2.24) is 10.2 Å². The molecule has 0 aliphatic heterocycles. The highest BCUT2D eigenvalue weighted by Crippen LogP contribution is 2.29. The van der Waals surface area contributed by atoms with E-state index >= 15 is 0 Å². The van der Waals surface area contributed by atoms with Crippen molar-refractivity contribution in [3.63, 3.8) is 0 Å². The second-order valence-corrected chi connectivity index (χ2v) is 14.3. The highest BCUT2D eigenvalue weighted by atomic mass is 35.5. The molecule has 8 nitrogen and oxygen atoms in total. The van der Waals surface area contributed by atoms with E-state index in [2.05, 4.69) is 5.32 Å². The zero-order valence-corrected chi connectivity index (χ0v) is 28.3. The molecule has 2 amide bonds. The van der Waals surface area contributed by atoms with Crippen molar-refractivity contribution < 1.29 is 22.7 Å². The largest absolute Gasteiger partial charge is 0.457 e. The number of anilines is 1. The van der Waals surface area contributed by atoms with Gasteiger partial charge in [0.15, 0.2) is 0 Å². The highest BCUT2D eigenvalue weighted by molar-refractivity contribution is 7.92. The van der Waals surface area contributed by atoms with Crippen LogP contribution in [0.3, 0.4) is 0 Å². The molecule has 11 heteroatoms. The lowest BCUT2D eigenvalue weighted by molar-refractivity contribution is -0.140. The third-order valence-electron chi connectivity index (χ3n) is 8.15. The first-order chi connectivity index (χ1) is 22.6. The molecule has 1 N–H and O–H groups in total. The molecule has 47 heavy (non-hydrogen) atoms. The van der Waals surface area contributed by atoms with Crippen molar-refractivity contribution >= 4 is 50.7 Å². The van der Waals surface area contributed by atoms with Gasteiger partial charge >= 0.3 is 0 Å². The molecule has 4 aromatic carbocycles. The maximum absolute atomic E-state index is 14.4. The molecule has 0 saturated heterocycles. The first-order valence-electron chi connectivity index (χ1n) is 15.5. The Bertz CT molecular complexity index is 1750. The molecule has 1 atom stereocenters. The fourth-order valence-corrected chi connectivity index (χ4v) is 7.06. The fraction of sp³-hybridized carbons (Fsp3) is 0.278. The third-order valence-corrected chi connectivity index (χ3v) is 9.99. The van der Waals surface area contributed by atoms with Crippen molar-refractivity contribution in [3.8, 4) is 11.5 Å². The number of hydrogen-bond acceptors (Lipinski definition) is 5. The summed E-state index contributed by atoms with van der Waals surface area (Å²) in [6, 6.07) is 29.1. The molecule has 0 bridgehead atoms. The van der Waals surface area contributed by atoms with Gasteiger partial charge in [-0.1, -0.05) is 90.6 Å². The van der Waals surface area contributed by atoms with Crippen LogP contribution in [0.1, 0.15) is 36.8 Å². The van der Waals surface area contributed by atoms with Gasteiger partial charge in [-0.05, 0) is 66.9 Å². The number of rotatable bonds is 13. The number of nitrogens with one attached hydrogen (secondary N) is 1. The standard InChI is InChI=1S/C36H37Cl2N3O5S/c1-47(44,45)41(28-19-21-30(22-20-28)46-29-15-6-3-7-16-29)25-35(42)40(24-31-32(37)17-10-18-33(31)38)34(23-26-11-4-2-5-12-26)36(43)39-27-13-8-9-14-27/h2-7,10-12,15-22,27,34H,8-9,13-14,23-25H2,1H3,(H,39,43). The molecule has 0 spiro atoms. The van der Waals surface area contributed by atoms with Crippen molar-refractivity contribution in [1.29, 1.82) is 0 Å². The Morgan fingerprint density at radius 1 is 0.830 bits per heavy atom.